The molecule has 3 N–H and O–H groups in total. The minimum absolute atomic E-state index is 0.250. The number of hydrogen-bond donors (Lipinski definition) is 2. The second kappa shape index (κ2) is 6.91. The van der Waals surface area contributed by atoms with Crippen LogP contribution in [0.2, 0.25) is 10.0 Å². The highest BCUT2D eigenvalue weighted by molar-refractivity contribution is 6.35. The van der Waals surface area contributed by atoms with Crippen LogP contribution in [0.25, 0.3) is 22.2 Å². The number of rotatable bonds is 5. The summed E-state index contributed by atoms with van der Waals surface area (Å²) in [6.45, 7) is 0.643. The zero-order chi connectivity index (χ0) is 16.4. The van der Waals surface area contributed by atoms with Crippen LogP contribution >= 0.6 is 23.2 Å². The van der Waals surface area contributed by atoms with E-state index >= 15 is 0 Å². The summed E-state index contributed by atoms with van der Waals surface area (Å²) in [4.78, 5) is 3.36. The smallest absolute Gasteiger partial charge is 0.123 e. The average molecular weight is 351 g/mol. The van der Waals surface area contributed by atoms with Crippen molar-refractivity contribution in [1.82, 2.24) is 4.98 Å². The van der Waals surface area contributed by atoms with Gasteiger partial charge in [-0.15, -0.1) is 0 Å². The van der Waals surface area contributed by atoms with Crippen LogP contribution in [0.5, 0.6) is 0 Å². The Morgan fingerprint density at radius 1 is 1.04 bits per heavy atom. The zero-order valence-electron chi connectivity index (χ0n) is 12.5. The molecular weight excluding hydrogens is 334 g/mol. The van der Waals surface area contributed by atoms with Crippen LogP contribution in [-0.4, -0.2) is 11.5 Å². The Kier molecular flexibility index (Phi) is 4.90. The summed E-state index contributed by atoms with van der Waals surface area (Å²) in [6, 6.07) is 10.1. The van der Waals surface area contributed by atoms with E-state index in [1.54, 1.807) is 24.3 Å². The average Bonchev–Trinajstić information content (AvgIpc) is 2.88. The molecular formula is C18H17Cl2FN2. The fraction of sp³-hybridized carbons (Fsp3) is 0.222. The van der Waals surface area contributed by atoms with Crippen molar-refractivity contribution in [3.8, 4) is 11.3 Å². The summed E-state index contributed by atoms with van der Waals surface area (Å²) in [5.74, 6) is -0.250. The first kappa shape index (κ1) is 16.3. The van der Waals surface area contributed by atoms with Crippen LogP contribution in [0.3, 0.4) is 0 Å². The molecule has 0 aliphatic heterocycles. The second-order valence-corrected chi connectivity index (χ2v) is 6.38. The highest BCUT2D eigenvalue weighted by atomic mass is 35.5. The number of fused-ring (bicyclic) bond motifs is 1. The van der Waals surface area contributed by atoms with E-state index in [0.29, 0.717) is 16.6 Å². The van der Waals surface area contributed by atoms with E-state index < -0.39 is 0 Å². The molecule has 3 aromatic rings. The summed E-state index contributed by atoms with van der Waals surface area (Å²) in [6.07, 6.45) is 2.66. The largest absolute Gasteiger partial charge is 0.354 e. The van der Waals surface area contributed by atoms with Gasteiger partial charge in [-0.1, -0.05) is 23.2 Å². The Bertz CT molecular complexity index is 842. The van der Waals surface area contributed by atoms with Crippen molar-refractivity contribution in [2.75, 3.05) is 6.54 Å². The molecule has 2 nitrogen and oxygen atoms in total. The number of aryl methyl sites for hydroxylation is 1. The molecule has 1 heterocycles. The van der Waals surface area contributed by atoms with Crippen molar-refractivity contribution in [3.63, 3.8) is 0 Å². The molecule has 23 heavy (non-hydrogen) atoms. The molecule has 0 bridgehead atoms. The molecule has 3 rings (SSSR count). The molecule has 0 fully saturated rings. The van der Waals surface area contributed by atoms with Gasteiger partial charge in [0.05, 0.1) is 5.69 Å². The van der Waals surface area contributed by atoms with Gasteiger partial charge >= 0.3 is 0 Å². The summed E-state index contributed by atoms with van der Waals surface area (Å²) in [5.41, 5.74) is 9.26. The van der Waals surface area contributed by atoms with E-state index in [0.717, 1.165) is 47.0 Å². The monoisotopic (exact) mass is 350 g/mol. The van der Waals surface area contributed by atoms with Crippen LogP contribution in [0.15, 0.2) is 36.4 Å². The maximum Gasteiger partial charge on any atom is 0.123 e. The van der Waals surface area contributed by atoms with E-state index in [1.165, 1.54) is 6.07 Å². The Labute approximate surface area is 144 Å². The van der Waals surface area contributed by atoms with E-state index in [4.69, 9.17) is 28.9 Å². The van der Waals surface area contributed by atoms with E-state index in [2.05, 4.69) is 4.98 Å². The van der Waals surface area contributed by atoms with Crippen LogP contribution in [0.4, 0.5) is 4.39 Å². The molecule has 0 amide bonds. The second-order valence-electron chi connectivity index (χ2n) is 5.54. The minimum atomic E-state index is -0.250. The Morgan fingerprint density at radius 2 is 1.87 bits per heavy atom. The quantitative estimate of drug-likeness (QED) is 0.581. The van der Waals surface area contributed by atoms with Crippen LogP contribution in [0, 0.1) is 5.82 Å². The van der Waals surface area contributed by atoms with Gasteiger partial charge in [-0.3, -0.25) is 0 Å². The highest BCUT2D eigenvalue weighted by Crippen LogP contribution is 2.36. The molecule has 0 spiro atoms. The molecule has 0 saturated carbocycles. The van der Waals surface area contributed by atoms with E-state index in [-0.39, 0.29) is 5.82 Å². The standard InChI is InChI=1S/C18H17Cl2FN2/c19-11-4-6-16(20)15(9-11)18-13(3-1-2-8-22)14-10-12(21)5-7-17(14)23-18/h4-7,9-10,23H,1-3,8,22H2. The highest BCUT2D eigenvalue weighted by Gasteiger charge is 2.16. The van der Waals surface area contributed by atoms with Gasteiger partial charge in [0, 0.05) is 26.5 Å². The molecule has 0 aliphatic carbocycles. The molecule has 1 aromatic heterocycles. The van der Waals surface area contributed by atoms with Crippen LogP contribution in [0.1, 0.15) is 18.4 Å². The number of hydrogen-bond acceptors (Lipinski definition) is 1. The number of aromatic amines is 1. The number of benzene rings is 2. The van der Waals surface area contributed by atoms with Gasteiger partial charge in [-0.05, 0) is 67.8 Å². The summed E-state index contributed by atoms with van der Waals surface area (Å²) in [7, 11) is 0. The van der Waals surface area contributed by atoms with Gasteiger partial charge in [0.2, 0.25) is 0 Å². The molecule has 0 saturated heterocycles. The third kappa shape index (κ3) is 3.37. The third-order valence-electron chi connectivity index (χ3n) is 3.95. The Hall–Kier alpha value is -1.55. The van der Waals surface area contributed by atoms with Crippen molar-refractivity contribution < 1.29 is 4.39 Å². The fourth-order valence-corrected chi connectivity index (χ4v) is 3.23. The lowest BCUT2D eigenvalue weighted by Crippen LogP contribution is -1.99. The van der Waals surface area contributed by atoms with Crippen molar-refractivity contribution in [2.45, 2.75) is 19.3 Å². The van der Waals surface area contributed by atoms with E-state index in [9.17, 15) is 4.39 Å². The molecule has 0 radical (unpaired) electrons. The normalized spacial score (nSPS) is 11.3. The lowest BCUT2D eigenvalue weighted by molar-refractivity contribution is 0.629. The fourth-order valence-electron chi connectivity index (χ4n) is 2.84. The first-order valence-corrected chi connectivity index (χ1v) is 8.31. The van der Waals surface area contributed by atoms with Gasteiger partial charge in [-0.2, -0.15) is 0 Å². The van der Waals surface area contributed by atoms with Gasteiger partial charge in [-0.25, -0.2) is 4.39 Å². The maximum atomic E-state index is 13.7. The van der Waals surface area contributed by atoms with Crippen molar-refractivity contribution in [1.29, 1.82) is 0 Å². The SMILES string of the molecule is NCCCCc1c(-c2cc(Cl)ccc2Cl)[nH]c2ccc(F)cc12. The summed E-state index contributed by atoms with van der Waals surface area (Å²) in [5, 5.41) is 2.11. The van der Waals surface area contributed by atoms with Crippen molar-refractivity contribution in [2.24, 2.45) is 5.73 Å². The molecule has 5 heteroatoms. The maximum absolute atomic E-state index is 13.7. The minimum Gasteiger partial charge on any atom is -0.354 e. The number of aromatic nitrogens is 1. The van der Waals surface area contributed by atoms with Gasteiger partial charge in [0.15, 0.2) is 0 Å². The Morgan fingerprint density at radius 3 is 2.65 bits per heavy atom. The van der Waals surface area contributed by atoms with Crippen molar-refractivity contribution >= 4 is 34.1 Å². The summed E-state index contributed by atoms with van der Waals surface area (Å²) < 4.78 is 13.7. The number of nitrogens with two attached hydrogens (primary N) is 1. The van der Waals surface area contributed by atoms with Gasteiger partial charge in [0.25, 0.3) is 0 Å². The van der Waals surface area contributed by atoms with E-state index in [1.807, 2.05) is 6.07 Å². The molecule has 0 aliphatic rings. The number of halogens is 3. The van der Waals surface area contributed by atoms with Crippen LogP contribution in [-0.2, 0) is 6.42 Å². The van der Waals surface area contributed by atoms with Gasteiger partial charge < -0.3 is 10.7 Å². The molecule has 0 atom stereocenters. The lowest BCUT2D eigenvalue weighted by atomic mass is 10.00. The first-order valence-electron chi connectivity index (χ1n) is 7.55. The summed E-state index contributed by atoms with van der Waals surface area (Å²) >= 11 is 12.5. The zero-order valence-corrected chi connectivity index (χ0v) is 14.0. The predicted octanol–water partition coefficient (Wildman–Crippen LogP) is 5.56. The Balaban J connectivity index is 2.18. The number of nitrogens with one attached hydrogen (secondary N) is 1. The topological polar surface area (TPSA) is 41.8 Å². The predicted molar refractivity (Wildman–Crippen MR) is 95.7 cm³/mol. The molecule has 120 valence electrons. The number of H-pyrrole nitrogens is 1. The van der Waals surface area contributed by atoms with Crippen molar-refractivity contribution in [3.05, 3.63) is 57.8 Å². The molecule has 2 aromatic carbocycles. The van der Waals surface area contributed by atoms with Crippen LogP contribution < -0.4 is 5.73 Å². The first-order chi connectivity index (χ1) is 11.1. The third-order valence-corrected chi connectivity index (χ3v) is 4.51. The lowest BCUT2D eigenvalue weighted by Gasteiger charge is -2.08. The van der Waals surface area contributed by atoms with Gasteiger partial charge in [0.1, 0.15) is 5.82 Å². The molecule has 0 unspecified atom stereocenters. The number of unbranched alkanes of at least 4 members (excludes halogenated alkanes) is 1.